The van der Waals surface area contributed by atoms with Crippen LogP contribution in [-0.2, 0) is 11.3 Å². The summed E-state index contributed by atoms with van der Waals surface area (Å²) in [5, 5.41) is 0. The monoisotopic (exact) mass is 276 g/mol. The third-order valence-electron chi connectivity index (χ3n) is 3.67. The second kappa shape index (κ2) is 6.75. The zero-order valence-corrected chi connectivity index (χ0v) is 12.8. The number of aliphatic imine (C=N–C) groups is 1. The lowest BCUT2D eigenvalue weighted by Crippen LogP contribution is -2.44. The first-order chi connectivity index (χ1) is 9.65. The Balaban J connectivity index is 2.12. The minimum Gasteiger partial charge on any atom is -0.496 e. The van der Waals surface area contributed by atoms with E-state index < -0.39 is 0 Å². The van der Waals surface area contributed by atoms with E-state index in [0.29, 0.717) is 6.61 Å². The Morgan fingerprint density at radius 2 is 2.20 bits per heavy atom. The van der Waals surface area contributed by atoms with Crippen molar-refractivity contribution in [2.75, 3.05) is 26.8 Å². The Morgan fingerprint density at radius 1 is 1.40 bits per heavy atom. The van der Waals surface area contributed by atoms with Crippen LogP contribution < -0.4 is 4.74 Å². The number of benzene rings is 1. The summed E-state index contributed by atoms with van der Waals surface area (Å²) in [6.07, 6.45) is 0. The molecule has 0 bridgehead atoms. The Morgan fingerprint density at radius 3 is 2.90 bits per heavy atom. The van der Waals surface area contributed by atoms with Crippen molar-refractivity contribution in [3.63, 3.8) is 0 Å². The number of hydrogen-bond acceptors (Lipinski definition) is 4. The molecule has 0 fully saturated rings. The quantitative estimate of drug-likeness (QED) is 0.848. The van der Waals surface area contributed by atoms with Gasteiger partial charge in [0.1, 0.15) is 5.75 Å². The van der Waals surface area contributed by atoms with Crippen LogP contribution in [0.1, 0.15) is 25.0 Å². The highest BCUT2D eigenvalue weighted by molar-refractivity contribution is 5.82. The van der Waals surface area contributed by atoms with Gasteiger partial charge < -0.3 is 9.47 Å². The fraction of sp³-hybridized carbons (Fsp3) is 0.562. The standard InChI is InChI=1S/C16H24N2O2/c1-5-20-16-13(3)18(9-8-17-16)11-14-7-6-12(2)10-15(14)19-4/h6-7,10,13H,5,8-9,11H2,1-4H3/t13-/m1/s1. The van der Waals surface area contributed by atoms with E-state index in [0.717, 1.165) is 31.3 Å². The van der Waals surface area contributed by atoms with Gasteiger partial charge in [-0.3, -0.25) is 9.89 Å². The Hall–Kier alpha value is -1.55. The van der Waals surface area contributed by atoms with Crippen LogP contribution in [0.3, 0.4) is 0 Å². The van der Waals surface area contributed by atoms with E-state index >= 15 is 0 Å². The van der Waals surface area contributed by atoms with Gasteiger partial charge in [-0.1, -0.05) is 12.1 Å². The minimum absolute atomic E-state index is 0.217. The summed E-state index contributed by atoms with van der Waals surface area (Å²) in [7, 11) is 1.73. The van der Waals surface area contributed by atoms with Gasteiger partial charge in [0.15, 0.2) is 0 Å². The molecule has 2 rings (SSSR count). The molecule has 0 aromatic heterocycles. The molecule has 1 atom stereocenters. The Kier molecular flexibility index (Phi) is 5.01. The first kappa shape index (κ1) is 14.9. The molecule has 0 radical (unpaired) electrons. The lowest BCUT2D eigenvalue weighted by atomic mass is 10.1. The normalized spacial score (nSPS) is 19.6. The maximum atomic E-state index is 5.62. The molecule has 0 aliphatic carbocycles. The maximum Gasteiger partial charge on any atom is 0.200 e. The first-order valence-electron chi connectivity index (χ1n) is 7.20. The molecular weight excluding hydrogens is 252 g/mol. The lowest BCUT2D eigenvalue weighted by Gasteiger charge is -2.32. The Labute approximate surface area is 121 Å². The minimum atomic E-state index is 0.217. The van der Waals surface area contributed by atoms with Crippen molar-refractivity contribution in [2.45, 2.75) is 33.4 Å². The largest absolute Gasteiger partial charge is 0.496 e. The fourth-order valence-corrected chi connectivity index (χ4v) is 2.50. The summed E-state index contributed by atoms with van der Waals surface area (Å²) in [6.45, 7) is 9.51. The van der Waals surface area contributed by atoms with Crippen LogP contribution in [0.4, 0.5) is 0 Å². The summed E-state index contributed by atoms with van der Waals surface area (Å²) in [5.74, 6) is 1.81. The van der Waals surface area contributed by atoms with Crippen LogP contribution in [-0.4, -0.2) is 43.6 Å². The van der Waals surface area contributed by atoms with Gasteiger partial charge in [0.05, 0.1) is 26.3 Å². The highest BCUT2D eigenvalue weighted by atomic mass is 16.5. The third kappa shape index (κ3) is 3.31. The lowest BCUT2D eigenvalue weighted by molar-refractivity contribution is 0.192. The topological polar surface area (TPSA) is 34.1 Å². The number of rotatable bonds is 4. The van der Waals surface area contributed by atoms with Crippen LogP contribution in [0, 0.1) is 6.92 Å². The van der Waals surface area contributed by atoms with Gasteiger partial charge in [0, 0.05) is 18.7 Å². The summed E-state index contributed by atoms with van der Waals surface area (Å²) in [6, 6.07) is 6.58. The number of nitrogens with zero attached hydrogens (tertiary/aromatic N) is 2. The summed E-state index contributed by atoms with van der Waals surface area (Å²) in [5.41, 5.74) is 2.43. The average molecular weight is 276 g/mol. The van der Waals surface area contributed by atoms with Crippen molar-refractivity contribution in [3.8, 4) is 5.75 Å². The number of aryl methyl sites for hydroxylation is 1. The van der Waals surface area contributed by atoms with Crippen molar-refractivity contribution < 1.29 is 9.47 Å². The van der Waals surface area contributed by atoms with E-state index in [2.05, 4.69) is 41.9 Å². The zero-order chi connectivity index (χ0) is 14.5. The van der Waals surface area contributed by atoms with Crippen molar-refractivity contribution in [1.82, 2.24) is 4.90 Å². The fourth-order valence-electron chi connectivity index (χ4n) is 2.50. The van der Waals surface area contributed by atoms with Gasteiger partial charge in [0.25, 0.3) is 0 Å². The molecule has 20 heavy (non-hydrogen) atoms. The van der Waals surface area contributed by atoms with Crippen molar-refractivity contribution in [3.05, 3.63) is 29.3 Å². The van der Waals surface area contributed by atoms with E-state index in [1.54, 1.807) is 7.11 Å². The van der Waals surface area contributed by atoms with E-state index in [-0.39, 0.29) is 6.04 Å². The van der Waals surface area contributed by atoms with Gasteiger partial charge in [-0.2, -0.15) is 0 Å². The van der Waals surface area contributed by atoms with Crippen molar-refractivity contribution in [1.29, 1.82) is 0 Å². The van der Waals surface area contributed by atoms with E-state index in [9.17, 15) is 0 Å². The molecule has 4 heteroatoms. The highest BCUT2D eigenvalue weighted by Crippen LogP contribution is 2.23. The molecule has 1 aromatic rings. The second-order valence-electron chi connectivity index (χ2n) is 5.11. The van der Waals surface area contributed by atoms with Gasteiger partial charge in [-0.05, 0) is 32.4 Å². The van der Waals surface area contributed by atoms with Crippen LogP contribution in [0.5, 0.6) is 5.75 Å². The zero-order valence-electron chi connectivity index (χ0n) is 12.8. The second-order valence-corrected chi connectivity index (χ2v) is 5.11. The first-order valence-corrected chi connectivity index (χ1v) is 7.20. The van der Waals surface area contributed by atoms with Crippen molar-refractivity contribution >= 4 is 5.90 Å². The molecule has 0 unspecified atom stereocenters. The summed E-state index contributed by atoms with van der Waals surface area (Å²) >= 11 is 0. The molecular formula is C16H24N2O2. The van der Waals surface area contributed by atoms with E-state index in [1.807, 2.05) is 6.92 Å². The predicted molar refractivity (Wildman–Crippen MR) is 81.5 cm³/mol. The highest BCUT2D eigenvalue weighted by Gasteiger charge is 2.24. The van der Waals surface area contributed by atoms with Crippen LogP contribution >= 0.6 is 0 Å². The SMILES string of the molecule is CCOC1=NCCN(Cc2ccc(C)cc2OC)[C@@H]1C. The van der Waals surface area contributed by atoms with Crippen LogP contribution in [0.25, 0.3) is 0 Å². The van der Waals surface area contributed by atoms with Crippen LogP contribution in [0.2, 0.25) is 0 Å². The van der Waals surface area contributed by atoms with Gasteiger partial charge in [-0.15, -0.1) is 0 Å². The number of ether oxygens (including phenoxy) is 2. The number of methoxy groups -OCH3 is 1. The molecule has 0 spiro atoms. The summed E-state index contributed by atoms with van der Waals surface area (Å²) in [4.78, 5) is 6.85. The molecule has 1 aliphatic heterocycles. The molecule has 1 aliphatic rings. The smallest absolute Gasteiger partial charge is 0.200 e. The molecule has 1 aromatic carbocycles. The molecule has 0 saturated carbocycles. The molecule has 1 heterocycles. The molecule has 4 nitrogen and oxygen atoms in total. The predicted octanol–water partition coefficient (Wildman–Crippen LogP) is 2.64. The summed E-state index contributed by atoms with van der Waals surface area (Å²) < 4.78 is 11.1. The Bertz CT molecular complexity index is 485. The third-order valence-corrected chi connectivity index (χ3v) is 3.67. The molecule has 0 amide bonds. The number of hydrogen-bond donors (Lipinski definition) is 0. The van der Waals surface area contributed by atoms with E-state index in [1.165, 1.54) is 11.1 Å². The molecule has 0 N–H and O–H groups in total. The van der Waals surface area contributed by atoms with Crippen LogP contribution in [0.15, 0.2) is 23.2 Å². The van der Waals surface area contributed by atoms with Gasteiger partial charge in [0.2, 0.25) is 5.90 Å². The van der Waals surface area contributed by atoms with Crippen molar-refractivity contribution in [2.24, 2.45) is 4.99 Å². The van der Waals surface area contributed by atoms with E-state index in [4.69, 9.17) is 9.47 Å². The maximum absolute atomic E-state index is 5.62. The average Bonchev–Trinajstić information content (AvgIpc) is 2.45. The van der Waals surface area contributed by atoms with Gasteiger partial charge in [-0.25, -0.2) is 0 Å². The molecule has 110 valence electrons. The van der Waals surface area contributed by atoms with Gasteiger partial charge >= 0.3 is 0 Å². The molecule has 0 saturated heterocycles.